The fourth-order valence-electron chi connectivity index (χ4n) is 1.87. The van der Waals surface area contributed by atoms with Crippen molar-refractivity contribution in [1.29, 1.82) is 5.26 Å². The van der Waals surface area contributed by atoms with Crippen LogP contribution >= 0.6 is 0 Å². The van der Waals surface area contributed by atoms with Gasteiger partial charge in [-0.1, -0.05) is 17.3 Å². The van der Waals surface area contributed by atoms with Gasteiger partial charge in [0.25, 0.3) is 0 Å². The molecule has 0 aliphatic rings. The third kappa shape index (κ3) is 1.48. The molecule has 5 heteroatoms. The van der Waals surface area contributed by atoms with Crippen molar-refractivity contribution in [2.45, 2.75) is 0 Å². The summed E-state index contributed by atoms with van der Waals surface area (Å²) in [7, 11) is 0. The molecule has 0 atom stereocenters. The van der Waals surface area contributed by atoms with Crippen LogP contribution in [0.2, 0.25) is 0 Å². The highest BCUT2D eigenvalue weighted by Crippen LogP contribution is 2.20. The third-order valence-electron chi connectivity index (χ3n) is 2.72. The molecular formula is C13H9N5. The summed E-state index contributed by atoms with van der Waals surface area (Å²) < 4.78 is 1.65. The van der Waals surface area contributed by atoms with Crippen LogP contribution in [0, 0.1) is 11.3 Å². The number of fused-ring (bicyclic) bond motifs is 1. The van der Waals surface area contributed by atoms with Gasteiger partial charge >= 0.3 is 0 Å². The molecule has 2 N–H and O–H groups in total. The average Bonchev–Trinajstić information content (AvgIpc) is 2.82. The number of nitrogens with zero attached hydrogens (tertiary/aromatic N) is 4. The highest BCUT2D eigenvalue weighted by Gasteiger charge is 2.10. The number of hydrogen-bond donors (Lipinski definition) is 1. The Bertz CT molecular complexity index is 766. The molecule has 2 aromatic carbocycles. The predicted molar refractivity (Wildman–Crippen MR) is 68.0 cm³/mol. The summed E-state index contributed by atoms with van der Waals surface area (Å²) in [4.78, 5) is 0. The smallest absolute Gasteiger partial charge is 0.113 e. The van der Waals surface area contributed by atoms with Crippen LogP contribution in [-0.4, -0.2) is 15.0 Å². The van der Waals surface area contributed by atoms with Crippen molar-refractivity contribution >= 4 is 16.7 Å². The van der Waals surface area contributed by atoms with E-state index >= 15 is 0 Å². The molecule has 1 heterocycles. The second-order valence-electron chi connectivity index (χ2n) is 3.88. The third-order valence-corrected chi connectivity index (χ3v) is 2.72. The molecule has 0 radical (unpaired) electrons. The minimum atomic E-state index is 0.477. The lowest BCUT2D eigenvalue weighted by molar-refractivity contribution is 0.822. The molecule has 86 valence electrons. The Balaban J connectivity index is 2.30. The molecule has 0 saturated heterocycles. The summed E-state index contributed by atoms with van der Waals surface area (Å²) in [6, 6.07) is 14.9. The van der Waals surface area contributed by atoms with Gasteiger partial charge in [-0.2, -0.15) is 5.26 Å². The minimum absolute atomic E-state index is 0.477. The number of anilines is 1. The van der Waals surface area contributed by atoms with Crippen molar-refractivity contribution in [1.82, 2.24) is 15.0 Å². The fourth-order valence-corrected chi connectivity index (χ4v) is 1.87. The van der Waals surface area contributed by atoms with Gasteiger partial charge in [0.15, 0.2) is 0 Å². The summed E-state index contributed by atoms with van der Waals surface area (Å²) in [5, 5.41) is 17.3. The standard InChI is InChI=1S/C13H9N5/c14-8-9-7-10(15)5-6-12(9)18-13-4-2-1-3-11(13)16-17-18/h1-7H,15H2. The van der Waals surface area contributed by atoms with Crippen LogP contribution in [0.1, 0.15) is 5.56 Å². The predicted octanol–water partition coefficient (Wildman–Crippen LogP) is 1.87. The van der Waals surface area contributed by atoms with Crippen molar-refractivity contribution in [2.24, 2.45) is 0 Å². The number of nitrogens with two attached hydrogens (primary N) is 1. The minimum Gasteiger partial charge on any atom is -0.399 e. The average molecular weight is 235 g/mol. The van der Waals surface area contributed by atoms with E-state index in [-0.39, 0.29) is 0 Å². The molecule has 0 saturated carbocycles. The van der Waals surface area contributed by atoms with E-state index in [0.717, 1.165) is 11.0 Å². The molecule has 0 unspecified atom stereocenters. The van der Waals surface area contributed by atoms with E-state index in [1.165, 1.54) is 0 Å². The quantitative estimate of drug-likeness (QED) is 0.653. The SMILES string of the molecule is N#Cc1cc(N)ccc1-n1nnc2ccccc21. The van der Waals surface area contributed by atoms with E-state index in [0.29, 0.717) is 16.9 Å². The summed E-state index contributed by atoms with van der Waals surface area (Å²) >= 11 is 0. The Kier molecular flexibility index (Phi) is 2.21. The van der Waals surface area contributed by atoms with Crippen molar-refractivity contribution in [3.05, 3.63) is 48.0 Å². The van der Waals surface area contributed by atoms with E-state index in [1.54, 1.807) is 22.9 Å². The number of benzene rings is 2. The van der Waals surface area contributed by atoms with Gasteiger partial charge in [0.05, 0.1) is 16.8 Å². The zero-order chi connectivity index (χ0) is 12.5. The van der Waals surface area contributed by atoms with Gasteiger partial charge in [-0.3, -0.25) is 0 Å². The lowest BCUT2D eigenvalue weighted by Gasteiger charge is -2.05. The van der Waals surface area contributed by atoms with Crippen molar-refractivity contribution < 1.29 is 0 Å². The lowest BCUT2D eigenvalue weighted by Crippen LogP contribution is -2.00. The first kappa shape index (κ1) is 10.3. The molecule has 0 aliphatic carbocycles. The van der Waals surface area contributed by atoms with Crippen LogP contribution in [0.25, 0.3) is 16.7 Å². The molecular weight excluding hydrogens is 226 g/mol. The van der Waals surface area contributed by atoms with E-state index < -0.39 is 0 Å². The van der Waals surface area contributed by atoms with Crippen molar-refractivity contribution in [2.75, 3.05) is 5.73 Å². The molecule has 0 amide bonds. The molecule has 3 aromatic rings. The largest absolute Gasteiger partial charge is 0.399 e. The van der Waals surface area contributed by atoms with Gasteiger partial charge in [-0.25, -0.2) is 4.68 Å². The highest BCUT2D eigenvalue weighted by atomic mass is 15.4. The summed E-state index contributed by atoms with van der Waals surface area (Å²) in [6.07, 6.45) is 0. The van der Waals surface area contributed by atoms with Crippen LogP contribution in [0.3, 0.4) is 0 Å². The van der Waals surface area contributed by atoms with Crippen molar-refractivity contribution in [3.63, 3.8) is 0 Å². The summed E-state index contributed by atoms with van der Waals surface area (Å²) in [6.45, 7) is 0. The maximum Gasteiger partial charge on any atom is 0.113 e. The van der Waals surface area contributed by atoms with E-state index in [9.17, 15) is 0 Å². The zero-order valence-electron chi connectivity index (χ0n) is 9.41. The zero-order valence-corrected chi connectivity index (χ0v) is 9.41. The van der Waals surface area contributed by atoms with Crippen LogP contribution in [0.15, 0.2) is 42.5 Å². The summed E-state index contributed by atoms with van der Waals surface area (Å²) in [5.41, 5.74) is 9.04. The molecule has 0 bridgehead atoms. The normalized spacial score (nSPS) is 10.4. The van der Waals surface area contributed by atoms with Crippen molar-refractivity contribution in [3.8, 4) is 11.8 Å². The molecule has 18 heavy (non-hydrogen) atoms. The Morgan fingerprint density at radius 1 is 1.17 bits per heavy atom. The topological polar surface area (TPSA) is 80.5 Å². The second-order valence-corrected chi connectivity index (χ2v) is 3.88. The molecule has 0 aliphatic heterocycles. The number of nitriles is 1. The Hall–Kier alpha value is -2.87. The van der Waals surface area contributed by atoms with Gasteiger partial charge in [0.1, 0.15) is 11.6 Å². The van der Waals surface area contributed by atoms with Crippen LogP contribution in [0.4, 0.5) is 5.69 Å². The molecule has 3 rings (SSSR count). The molecule has 5 nitrogen and oxygen atoms in total. The number of hydrogen-bond acceptors (Lipinski definition) is 4. The first-order valence-electron chi connectivity index (χ1n) is 5.40. The van der Waals surface area contributed by atoms with Gasteiger partial charge in [-0.05, 0) is 30.3 Å². The fraction of sp³-hybridized carbons (Fsp3) is 0. The van der Waals surface area contributed by atoms with E-state index in [2.05, 4.69) is 16.4 Å². The number of nitrogen functional groups attached to an aromatic ring is 1. The monoisotopic (exact) mass is 235 g/mol. The van der Waals surface area contributed by atoms with Gasteiger partial charge in [0, 0.05) is 5.69 Å². The molecule has 0 fully saturated rings. The Labute approximate surface area is 103 Å². The number of para-hydroxylation sites is 1. The Morgan fingerprint density at radius 3 is 2.83 bits per heavy atom. The number of aromatic nitrogens is 3. The first-order chi connectivity index (χ1) is 8.79. The maximum atomic E-state index is 9.15. The maximum absolute atomic E-state index is 9.15. The van der Waals surface area contributed by atoms with Gasteiger partial charge in [-0.15, -0.1) is 5.10 Å². The van der Waals surface area contributed by atoms with E-state index in [1.807, 2.05) is 24.3 Å². The van der Waals surface area contributed by atoms with Gasteiger partial charge < -0.3 is 5.73 Å². The molecule has 1 aromatic heterocycles. The van der Waals surface area contributed by atoms with Crippen LogP contribution in [0.5, 0.6) is 0 Å². The van der Waals surface area contributed by atoms with E-state index in [4.69, 9.17) is 11.0 Å². The second kappa shape index (κ2) is 3.86. The van der Waals surface area contributed by atoms with Gasteiger partial charge in [0.2, 0.25) is 0 Å². The lowest BCUT2D eigenvalue weighted by atomic mass is 10.1. The van der Waals surface area contributed by atoms with Crippen LogP contribution in [-0.2, 0) is 0 Å². The summed E-state index contributed by atoms with van der Waals surface area (Å²) in [5.74, 6) is 0. The Morgan fingerprint density at radius 2 is 2.00 bits per heavy atom. The first-order valence-corrected chi connectivity index (χ1v) is 5.40. The molecule has 0 spiro atoms. The highest BCUT2D eigenvalue weighted by molar-refractivity contribution is 5.76. The number of rotatable bonds is 1. The van der Waals surface area contributed by atoms with Crippen LogP contribution < -0.4 is 5.73 Å².